The van der Waals surface area contributed by atoms with Gasteiger partial charge in [0.1, 0.15) is 0 Å². The van der Waals surface area contributed by atoms with Crippen molar-refractivity contribution in [1.82, 2.24) is 0 Å². The van der Waals surface area contributed by atoms with E-state index in [0.29, 0.717) is 0 Å². The van der Waals surface area contributed by atoms with Gasteiger partial charge in [0.2, 0.25) is 0 Å². The zero-order valence-electron chi connectivity index (χ0n) is 22.0. The summed E-state index contributed by atoms with van der Waals surface area (Å²) < 4.78 is 14.3. The molecular weight excluding hydrogens is 418 g/mol. The van der Waals surface area contributed by atoms with E-state index in [-0.39, 0.29) is 45.6 Å². The predicted molar refractivity (Wildman–Crippen MR) is 132 cm³/mol. The van der Waals surface area contributed by atoms with Crippen LogP contribution >= 0.6 is 0 Å². The molecule has 2 bridgehead atoms. The van der Waals surface area contributed by atoms with Crippen LogP contribution in [0.5, 0.6) is 0 Å². The Labute approximate surface area is 193 Å². The molecule has 178 valence electrons. The van der Waals surface area contributed by atoms with Crippen molar-refractivity contribution >= 4 is 16.6 Å². The Hall–Kier alpha value is -0.196. The van der Waals surface area contributed by atoms with E-state index in [9.17, 15) is 10.4 Å². The fraction of sp³-hybridized carbons (Fsp3) is 0.960. The Bertz CT molecular complexity index is 762. The van der Waals surface area contributed by atoms with Gasteiger partial charge >= 0.3 is 0 Å². The second-order valence-electron chi connectivity index (χ2n) is 13.9. The van der Waals surface area contributed by atoms with Crippen molar-refractivity contribution in [3.05, 3.63) is 0 Å². The molecule has 1 N–H and O–H groups in total. The van der Waals surface area contributed by atoms with Gasteiger partial charge in [-0.05, 0) is 60.9 Å². The van der Waals surface area contributed by atoms with Crippen LogP contribution in [-0.2, 0) is 8.85 Å². The van der Waals surface area contributed by atoms with E-state index >= 15 is 0 Å². The van der Waals surface area contributed by atoms with Crippen molar-refractivity contribution in [3.8, 4) is 6.07 Å². The molecule has 1 unspecified atom stereocenters. The monoisotopic (exact) mass is 465 g/mol. The van der Waals surface area contributed by atoms with Gasteiger partial charge in [-0.1, -0.05) is 54.9 Å². The topological polar surface area (TPSA) is 62.5 Å². The number of hydrogen-bond acceptors (Lipinski definition) is 4. The van der Waals surface area contributed by atoms with E-state index in [1.807, 2.05) is 0 Å². The third-order valence-corrected chi connectivity index (χ3v) is 19.7. The van der Waals surface area contributed by atoms with Gasteiger partial charge in [0.15, 0.2) is 16.6 Å². The molecule has 0 amide bonds. The van der Waals surface area contributed by atoms with Gasteiger partial charge in [-0.3, -0.25) is 0 Å². The molecule has 4 rings (SSSR count). The molecule has 0 aromatic carbocycles. The summed E-state index contributed by atoms with van der Waals surface area (Å²) in [4.78, 5) is 0. The molecule has 0 aromatic heterocycles. The average molecular weight is 466 g/mol. The highest BCUT2D eigenvalue weighted by atomic mass is 28.4. The summed E-state index contributed by atoms with van der Waals surface area (Å²) in [5.41, 5.74) is -0.911. The summed E-state index contributed by atoms with van der Waals surface area (Å²) in [7, 11) is -4.07. The number of nitriles is 1. The molecule has 0 aliphatic heterocycles. The summed E-state index contributed by atoms with van der Waals surface area (Å²) in [5, 5.41) is 21.3. The second-order valence-corrected chi connectivity index (χ2v) is 23.4. The third kappa shape index (κ3) is 3.06. The number of aliphatic hydroxyl groups excluding tert-OH is 1. The first-order valence-electron chi connectivity index (χ1n) is 12.3. The maximum atomic E-state index is 10.6. The molecular formula is C25H47NO3Si2. The predicted octanol–water partition coefficient (Wildman–Crippen LogP) is 6.48. The quantitative estimate of drug-likeness (QED) is 0.472. The molecule has 4 fully saturated rings. The summed E-state index contributed by atoms with van der Waals surface area (Å²) >= 11 is 0. The molecule has 4 nitrogen and oxygen atoms in total. The smallest absolute Gasteiger partial charge is 0.192 e. The van der Waals surface area contributed by atoms with Crippen LogP contribution in [0.3, 0.4) is 0 Å². The van der Waals surface area contributed by atoms with Crippen LogP contribution in [0.1, 0.15) is 74.1 Å². The van der Waals surface area contributed by atoms with E-state index < -0.39 is 22.0 Å². The number of aliphatic hydroxyl groups is 1. The van der Waals surface area contributed by atoms with Crippen LogP contribution in [0.4, 0.5) is 0 Å². The fourth-order valence-corrected chi connectivity index (χ4v) is 9.64. The zero-order chi connectivity index (χ0) is 23.9. The average Bonchev–Trinajstić information content (AvgIpc) is 3.00. The van der Waals surface area contributed by atoms with Crippen molar-refractivity contribution in [2.45, 2.75) is 123 Å². The fourth-order valence-electron chi connectivity index (χ4n) is 6.91. The van der Waals surface area contributed by atoms with E-state index in [1.165, 1.54) is 0 Å². The largest absolute Gasteiger partial charge is 0.413 e. The van der Waals surface area contributed by atoms with Crippen molar-refractivity contribution in [2.24, 2.45) is 22.2 Å². The lowest BCUT2D eigenvalue weighted by molar-refractivity contribution is -0.279. The van der Waals surface area contributed by atoms with Gasteiger partial charge in [-0.2, -0.15) is 5.26 Å². The van der Waals surface area contributed by atoms with Crippen molar-refractivity contribution in [3.63, 3.8) is 0 Å². The van der Waals surface area contributed by atoms with Crippen LogP contribution in [0.25, 0.3) is 0 Å². The van der Waals surface area contributed by atoms with Gasteiger partial charge in [-0.25, -0.2) is 0 Å². The molecule has 0 saturated heterocycles. The van der Waals surface area contributed by atoms with Crippen LogP contribution in [0, 0.1) is 33.5 Å². The lowest BCUT2D eigenvalue weighted by Gasteiger charge is -2.72. The Morgan fingerprint density at radius 1 is 0.968 bits per heavy atom. The third-order valence-electron chi connectivity index (χ3n) is 10.7. The maximum absolute atomic E-state index is 10.6. The van der Waals surface area contributed by atoms with Gasteiger partial charge in [0, 0.05) is 17.9 Å². The Kier molecular flexibility index (Phi) is 5.87. The SMILES string of the molecule is CC(C)(C)[Si](C)(C)O[C@H]1C[C@]2(C#N)C(CO)[C@]13[C@H](O[Si](C)(C)C(C)(C)C)CCC[C@@]32C. The molecule has 1 spiro atoms. The standard InChI is InChI=1S/C25H47NO3Si2/c1-21(2,3)30(8,9)28-19-13-12-14-23(7)24(17-26)15-20(25(19,23)18(24)16-27)29-31(10,11)22(4,5)6/h18-20,27H,12-16H2,1-11H3/t18?,19-,20+,23-,24+,25+/m1/s1. The van der Waals surface area contributed by atoms with E-state index in [2.05, 4.69) is 80.7 Å². The molecule has 0 heterocycles. The highest BCUT2D eigenvalue weighted by Crippen LogP contribution is 2.85. The summed E-state index contributed by atoms with van der Waals surface area (Å²) in [6, 6.07) is 2.74. The Morgan fingerprint density at radius 3 is 1.87 bits per heavy atom. The molecule has 4 aliphatic carbocycles. The number of hydrogen-bond donors (Lipinski definition) is 1. The first-order chi connectivity index (χ1) is 13.9. The molecule has 4 saturated carbocycles. The highest BCUT2D eigenvalue weighted by molar-refractivity contribution is 6.74. The van der Waals surface area contributed by atoms with Gasteiger partial charge < -0.3 is 14.0 Å². The zero-order valence-corrected chi connectivity index (χ0v) is 24.0. The van der Waals surface area contributed by atoms with Crippen LogP contribution in [0.15, 0.2) is 0 Å². The molecule has 0 radical (unpaired) electrons. The van der Waals surface area contributed by atoms with E-state index in [1.54, 1.807) is 0 Å². The van der Waals surface area contributed by atoms with Crippen LogP contribution in [-0.4, -0.2) is 40.6 Å². The molecule has 31 heavy (non-hydrogen) atoms. The minimum atomic E-state index is -2.05. The number of fused-ring (bicyclic) bond motifs is 1. The normalized spacial score (nSPS) is 40.8. The van der Waals surface area contributed by atoms with Crippen molar-refractivity contribution < 1.29 is 14.0 Å². The molecule has 6 heteroatoms. The molecule has 6 atom stereocenters. The van der Waals surface area contributed by atoms with Crippen LogP contribution < -0.4 is 0 Å². The van der Waals surface area contributed by atoms with E-state index in [4.69, 9.17) is 8.85 Å². The van der Waals surface area contributed by atoms with Gasteiger partial charge in [0.05, 0.1) is 23.7 Å². The lowest BCUT2D eigenvalue weighted by atomic mass is 9.32. The van der Waals surface area contributed by atoms with Crippen LogP contribution in [0.2, 0.25) is 36.3 Å². The molecule has 4 aliphatic rings. The van der Waals surface area contributed by atoms with Crippen molar-refractivity contribution in [1.29, 1.82) is 5.26 Å². The first kappa shape index (κ1) is 25.4. The highest BCUT2D eigenvalue weighted by Gasteiger charge is 2.88. The van der Waals surface area contributed by atoms with Gasteiger partial charge in [0.25, 0.3) is 0 Å². The summed E-state index contributed by atoms with van der Waals surface area (Å²) in [6.45, 7) is 25.4. The maximum Gasteiger partial charge on any atom is 0.192 e. The van der Waals surface area contributed by atoms with E-state index in [0.717, 1.165) is 25.7 Å². The first-order valence-corrected chi connectivity index (χ1v) is 18.1. The number of nitrogens with zero attached hydrogens (tertiary/aromatic N) is 1. The Balaban J connectivity index is 2.12. The number of rotatable bonds is 5. The van der Waals surface area contributed by atoms with Gasteiger partial charge in [-0.15, -0.1) is 0 Å². The minimum absolute atomic E-state index is 0.00902. The summed E-state index contributed by atoms with van der Waals surface area (Å²) in [6.07, 6.45) is 3.93. The second kappa shape index (κ2) is 7.15. The minimum Gasteiger partial charge on any atom is -0.413 e. The lowest BCUT2D eigenvalue weighted by Crippen LogP contribution is -2.75. The molecule has 0 aromatic rings. The summed E-state index contributed by atoms with van der Waals surface area (Å²) in [5.74, 6) is -0.0557. The Morgan fingerprint density at radius 2 is 1.45 bits per heavy atom. The van der Waals surface area contributed by atoms with Crippen molar-refractivity contribution in [2.75, 3.05) is 6.61 Å².